The Hall–Kier alpha value is -3.79. The summed E-state index contributed by atoms with van der Waals surface area (Å²) in [6.45, 7) is 2.46. The van der Waals surface area contributed by atoms with Gasteiger partial charge in [-0.3, -0.25) is 35.9 Å². The SMILES string of the molecule is CCOc1ccc(/C=C/C(=O)NC(=S)NNC(=O)c2cccc([N+](=O)[O-])c2)cc1. The number of nitro benzene ring substituents is 1. The molecule has 0 radical (unpaired) electrons. The number of hydrazine groups is 1. The first kappa shape index (κ1) is 21.5. The zero-order chi connectivity index (χ0) is 21.2. The van der Waals surface area contributed by atoms with E-state index >= 15 is 0 Å². The Bertz CT molecular complexity index is 944. The third-order valence-electron chi connectivity index (χ3n) is 3.46. The lowest BCUT2D eigenvalue weighted by Crippen LogP contribution is -2.48. The Balaban J connectivity index is 1.82. The number of carbonyl (C=O) groups excluding carboxylic acids is 2. The minimum Gasteiger partial charge on any atom is -0.494 e. The van der Waals surface area contributed by atoms with Crippen LogP contribution in [-0.2, 0) is 4.79 Å². The number of hydrogen-bond donors (Lipinski definition) is 3. The predicted molar refractivity (Wildman–Crippen MR) is 111 cm³/mol. The van der Waals surface area contributed by atoms with Gasteiger partial charge in [0.1, 0.15) is 5.75 Å². The average Bonchev–Trinajstić information content (AvgIpc) is 2.71. The molecule has 0 aliphatic carbocycles. The molecule has 150 valence electrons. The van der Waals surface area contributed by atoms with Gasteiger partial charge in [0.2, 0.25) is 5.91 Å². The fraction of sp³-hybridized carbons (Fsp3) is 0.105. The molecule has 9 nitrogen and oxygen atoms in total. The molecule has 0 aliphatic heterocycles. The van der Waals surface area contributed by atoms with Gasteiger partial charge in [0.15, 0.2) is 5.11 Å². The van der Waals surface area contributed by atoms with E-state index in [0.29, 0.717) is 6.61 Å². The molecule has 0 aromatic heterocycles. The van der Waals surface area contributed by atoms with Crippen molar-refractivity contribution in [1.82, 2.24) is 16.2 Å². The first-order chi connectivity index (χ1) is 13.9. The van der Waals surface area contributed by atoms with Crippen LogP contribution >= 0.6 is 12.2 Å². The van der Waals surface area contributed by atoms with Crippen LogP contribution in [0.3, 0.4) is 0 Å². The third-order valence-corrected chi connectivity index (χ3v) is 3.67. The molecule has 0 fully saturated rings. The summed E-state index contributed by atoms with van der Waals surface area (Å²) in [5, 5.41) is 13.0. The van der Waals surface area contributed by atoms with Gasteiger partial charge in [-0.2, -0.15) is 0 Å². The van der Waals surface area contributed by atoms with Crippen LogP contribution in [0.5, 0.6) is 5.75 Å². The molecule has 0 bridgehead atoms. The fourth-order valence-corrected chi connectivity index (χ4v) is 2.30. The molecular formula is C19H18N4O5S. The molecule has 0 saturated carbocycles. The lowest BCUT2D eigenvalue weighted by atomic mass is 10.2. The zero-order valence-corrected chi connectivity index (χ0v) is 16.2. The van der Waals surface area contributed by atoms with Crippen LogP contribution in [0, 0.1) is 10.1 Å². The summed E-state index contributed by atoms with van der Waals surface area (Å²) in [6, 6.07) is 12.4. The fourth-order valence-electron chi connectivity index (χ4n) is 2.14. The van der Waals surface area contributed by atoms with Crippen molar-refractivity contribution >= 4 is 40.9 Å². The lowest BCUT2D eigenvalue weighted by Gasteiger charge is -2.09. The minimum atomic E-state index is -0.643. The Morgan fingerprint density at radius 3 is 2.55 bits per heavy atom. The van der Waals surface area contributed by atoms with Crippen molar-refractivity contribution in [3.8, 4) is 5.75 Å². The van der Waals surface area contributed by atoms with E-state index in [0.717, 1.165) is 17.4 Å². The van der Waals surface area contributed by atoms with Gasteiger partial charge in [-0.15, -0.1) is 0 Å². The number of non-ortho nitro benzene ring substituents is 1. The van der Waals surface area contributed by atoms with E-state index in [1.54, 1.807) is 30.3 Å². The number of nitro groups is 1. The van der Waals surface area contributed by atoms with Crippen molar-refractivity contribution in [3.05, 3.63) is 75.8 Å². The second-order valence-electron chi connectivity index (χ2n) is 5.54. The zero-order valence-electron chi connectivity index (χ0n) is 15.4. The maximum absolute atomic E-state index is 12.0. The standard InChI is InChI=1S/C19H18N4O5S/c1-2-28-16-9-6-13(7-10-16)8-11-17(24)20-19(29)22-21-18(25)14-4-3-5-15(12-14)23(26)27/h3-12H,2H2,1H3,(H,21,25)(H2,20,22,24,29)/b11-8+. The van der Waals surface area contributed by atoms with Crippen molar-refractivity contribution in [3.63, 3.8) is 0 Å². The topological polar surface area (TPSA) is 123 Å². The van der Waals surface area contributed by atoms with Crippen LogP contribution < -0.4 is 20.9 Å². The molecule has 2 aromatic rings. The summed E-state index contributed by atoms with van der Waals surface area (Å²) < 4.78 is 5.34. The van der Waals surface area contributed by atoms with E-state index in [1.807, 2.05) is 6.92 Å². The highest BCUT2D eigenvalue weighted by Gasteiger charge is 2.11. The number of carbonyl (C=O) groups is 2. The molecule has 0 atom stereocenters. The molecular weight excluding hydrogens is 396 g/mol. The molecule has 2 rings (SSSR count). The summed E-state index contributed by atoms with van der Waals surface area (Å²) in [6.07, 6.45) is 2.88. The average molecular weight is 414 g/mol. The van der Waals surface area contributed by atoms with Crippen LogP contribution in [-0.4, -0.2) is 28.5 Å². The molecule has 0 heterocycles. The van der Waals surface area contributed by atoms with E-state index < -0.39 is 16.7 Å². The number of hydrogen-bond acceptors (Lipinski definition) is 6. The predicted octanol–water partition coefficient (Wildman–Crippen LogP) is 2.34. The maximum Gasteiger partial charge on any atom is 0.270 e. The largest absolute Gasteiger partial charge is 0.494 e. The quantitative estimate of drug-likeness (QED) is 0.287. The van der Waals surface area contributed by atoms with E-state index in [4.69, 9.17) is 17.0 Å². The molecule has 10 heteroatoms. The van der Waals surface area contributed by atoms with Crippen molar-refractivity contribution in [1.29, 1.82) is 0 Å². The van der Waals surface area contributed by atoms with Gasteiger partial charge < -0.3 is 4.74 Å². The first-order valence-electron chi connectivity index (χ1n) is 8.45. The van der Waals surface area contributed by atoms with Crippen molar-refractivity contribution < 1.29 is 19.2 Å². The molecule has 0 saturated heterocycles. The highest BCUT2D eigenvalue weighted by molar-refractivity contribution is 7.80. The normalized spacial score (nSPS) is 10.2. The van der Waals surface area contributed by atoms with Gasteiger partial charge in [-0.25, -0.2) is 0 Å². The van der Waals surface area contributed by atoms with Crippen LogP contribution in [0.15, 0.2) is 54.6 Å². The summed E-state index contributed by atoms with van der Waals surface area (Å²) in [7, 11) is 0. The Kier molecular flexibility index (Phi) is 7.80. The molecule has 0 spiro atoms. The highest BCUT2D eigenvalue weighted by atomic mass is 32.1. The number of benzene rings is 2. The smallest absolute Gasteiger partial charge is 0.270 e. The second-order valence-corrected chi connectivity index (χ2v) is 5.95. The van der Waals surface area contributed by atoms with Crippen LogP contribution in [0.1, 0.15) is 22.8 Å². The summed E-state index contributed by atoms with van der Waals surface area (Å²) in [5.74, 6) is -0.407. The van der Waals surface area contributed by atoms with E-state index in [9.17, 15) is 19.7 Å². The Morgan fingerprint density at radius 2 is 1.90 bits per heavy atom. The number of ether oxygens (including phenoxy) is 1. The number of nitrogens with zero attached hydrogens (tertiary/aromatic N) is 1. The van der Waals surface area contributed by atoms with Crippen molar-refractivity contribution in [2.75, 3.05) is 6.61 Å². The van der Waals surface area contributed by atoms with E-state index in [1.165, 1.54) is 24.3 Å². The summed E-state index contributed by atoms with van der Waals surface area (Å²) in [5.41, 5.74) is 5.26. The van der Waals surface area contributed by atoms with Gasteiger partial charge in [0.25, 0.3) is 11.6 Å². The number of amides is 2. The third kappa shape index (κ3) is 7.03. The molecule has 3 N–H and O–H groups in total. The van der Waals surface area contributed by atoms with Crippen LogP contribution in [0.4, 0.5) is 5.69 Å². The number of rotatable bonds is 6. The second kappa shape index (κ2) is 10.5. The van der Waals surface area contributed by atoms with Crippen LogP contribution in [0.25, 0.3) is 6.08 Å². The molecule has 2 aromatic carbocycles. The van der Waals surface area contributed by atoms with Gasteiger partial charge in [0, 0.05) is 23.8 Å². The Morgan fingerprint density at radius 1 is 1.17 bits per heavy atom. The summed E-state index contributed by atoms with van der Waals surface area (Å²) in [4.78, 5) is 34.0. The van der Waals surface area contributed by atoms with E-state index in [2.05, 4.69) is 16.2 Å². The maximum atomic E-state index is 12.0. The van der Waals surface area contributed by atoms with Crippen LogP contribution in [0.2, 0.25) is 0 Å². The monoisotopic (exact) mass is 414 g/mol. The molecule has 29 heavy (non-hydrogen) atoms. The molecule has 0 unspecified atom stereocenters. The molecule has 0 aliphatic rings. The number of thiocarbonyl (C=S) groups is 1. The summed E-state index contributed by atoms with van der Waals surface area (Å²) >= 11 is 4.93. The van der Waals surface area contributed by atoms with Crippen molar-refractivity contribution in [2.24, 2.45) is 0 Å². The van der Waals surface area contributed by atoms with E-state index in [-0.39, 0.29) is 16.4 Å². The van der Waals surface area contributed by atoms with Gasteiger partial charge in [0.05, 0.1) is 11.5 Å². The van der Waals surface area contributed by atoms with Crippen molar-refractivity contribution in [2.45, 2.75) is 6.92 Å². The highest BCUT2D eigenvalue weighted by Crippen LogP contribution is 2.13. The van der Waals surface area contributed by atoms with Gasteiger partial charge >= 0.3 is 0 Å². The molecule has 2 amide bonds. The van der Waals surface area contributed by atoms with Gasteiger partial charge in [-0.1, -0.05) is 18.2 Å². The first-order valence-corrected chi connectivity index (χ1v) is 8.86. The number of nitrogens with one attached hydrogen (secondary N) is 3. The minimum absolute atomic E-state index is 0.0659. The Labute approximate surface area is 171 Å². The lowest BCUT2D eigenvalue weighted by molar-refractivity contribution is -0.384. The van der Waals surface area contributed by atoms with Gasteiger partial charge in [-0.05, 0) is 49.0 Å².